The quantitative estimate of drug-likeness (QED) is 0.687. The summed E-state index contributed by atoms with van der Waals surface area (Å²) in [6.45, 7) is 5.43. The van der Waals surface area contributed by atoms with E-state index in [0.29, 0.717) is 6.42 Å². The highest BCUT2D eigenvalue weighted by atomic mass is 79.9. The smallest absolute Gasteiger partial charge is 0.220 e. The molecule has 5 nitrogen and oxygen atoms in total. The summed E-state index contributed by atoms with van der Waals surface area (Å²) < 4.78 is 9.49. The fraction of sp³-hybridized carbons (Fsp3) is 0.667. The molecule has 1 aliphatic carbocycles. The fourth-order valence-corrected chi connectivity index (χ4v) is 4.00. The lowest BCUT2D eigenvalue weighted by atomic mass is 9.58. The van der Waals surface area contributed by atoms with Crippen molar-refractivity contribution in [2.45, 2.75) is 32.8 Å². The molecule has 0 aromatic heterocycles. The van der Waals surface area contributed by atoms with E-state index in [-0.39, 0.29) is 5.90 Å². The van der Waals surface area contributed by atoms with Gasteiger partial charge in [-0.25, -0.2) is 0 Å². The Balaban J connectivity index is 2.93. The lowest BCUT2D eigenvalue weighted by molar-refractivity contribution is 0.0391. The van der Waals surface area contributed by atoms with Crippen LogP contribution in [0.1, 0.15) is 27.2 Å². The van der Waals surface area contributed by atoms with E-state index in [1.165, 1.54) is 0 Å². The average Bonchev–Trinajstić information content (AvgIpc) is 2.62. The van der Waals surface area contributed by atoms with Crippen LogP contribution in [-0.4, -0.2) is 11.5 Å². The zero-order valence-electron chi connectivity index (χ0n) is 10.3. The molecule has 2 rings (SSSR count). The topological polar surface area (TPSA) is 93.0 Å². The van der Waals surface area contributed by atoms with Crippen LogP contribution in [0, 0.1) is 50.2 Å². The number of ether oxygens (including phenoxy) is 1. The number of fused-ring (bicyclic) bond motifs is 2. The maximum Gasteiger partial charge on any atom is 0.220 e. The molecular formula is C12H11BrN4O. The highest BCUT2D eigenvalue weighted by Crippen LogP contribution is 2.72. The van der Waals surface area contributed by atoms with E-state index in [2.05, 4.69) is 26.2 Å². The minimum Gasteiger partial charge on any atom is -0.470 e. The summed E-state index contributed by atoms with van der Waals surface area (Å²) in [4.78, 5) is 0. The summed E-state index contributed by atoms with van der Waals surface area (Å²) in [5, 5.41) is 28.7. The molecule has 0 amide bonds. The molecule has 1 saturated heterocycles. The average molecular weight is 307 g/mol. The normalized spacial score (nSPS) is 40.6. The van der Waals surface area contributed by atoms with E-state index in [0.717, 1.165) is 0 Å². The molecule has 0 N–H and O–H groups in total. The largest absolute Gasteiger partial charge is 0.470 e. The third-order valence-electron chi connectivity index (χ3n) is 4.37. The Labute approximate surface area is 114 Å². The first-order valence-corrected chi connectivity index (χ1v) is 6.14. The molecule has 0 unspecified atom stereocenters. The van der Waals surface area contributed by atoms with Gasteiger partial charge in [0.05, 0.1) is 34.4 Å². The van der Waals surface area contributed by atoms with E-state index in [9.17, 15) is 15.8 Å². The van der Waals surface area contributed by atoms with Crippen LogP contribution in [0.2, 0.25) is 0 Å². The number of rotatable bonds is 0. The molecule has 0 spiro atoms. The molecule has 1 heterocycles. The Morgan fingerprint density at radius 2 is 1.72 bits per heavy atom. The number of nitriles is 3. The standard InChI is InChI=1S/C12H11BrN4O/c1-9(2)4-10(3)11(5-14,6-15)12(9,7-16)8(17-13)18-10/h4H2,1-3H3/t10-,12+/m0/s1. The van der Waals surface area contributed by atoms with Gasteiger partial charge in [-0.05, 0) is 18.8 Å². The molecule has 1 saturated carbocycles. The Hall–Kier alpha value is -1.58. The van der Waals surface area contributed by atoms with Gasteiger partial charge in [0.2, 0.25) is 11.3 Å². The van der Waals surface area contributed by atoms with Crippen LogP contribution in [0.4, 0.5) is 0 Å². The van der Waals surface area contributed by atoms with Crippen LogP contribution >= 0.6 is 16.1 Å². The molecule has 0 aromatic rings. The fourth-order valence-electron chi connectivity index (χ4n) is 3.66. The van der Waals surface area contributed by atoms with Crippen molar-refractivity contribution in [3.05, 3.63) is 0 Å². The molecule has 2 aliphatic rings. The van der Waals surface area contributed by atoms with Gasteiger partial charge in [-0.2, -0.15) is 19.8 Å². The SMILES string of the molecule is CC1(C)C[C@]2(C)OC(=NBr)[C@@]1(C#N)C2(C#N)C#N. The number of halogens is 1. The maximum atomic E-state index is 9.66. The molecule has 0 radical (unpaired) electrons. The summed E-state index contributed by atoms with van der Waals surface area (Å²) in [5.74, 6) is 0.131. The lowest BCUT2D eigenvalue weighted by Gasteiger charge is -2.37. The summed E-state index contributed by atoms with van der Waals surface area (Å²) in [6, 6.07) is 6.21. The molecule has 1 aliphatic heterocycles. The van der Waals surface area contributed by atoms with Crippen LogP contribution < -0.4 is 0 Å². The molecule has 92 valence electrons. The van der Waals surface area contributed by atoms with E-state index >= 15 is 0 Å². The van der Waals surface area contributed by atoms with Gasteiger partial charge in [0.15, 0.2) is 5.41 Å². The Kier molecular flexibility index (Phi) is 2.32. The van der Waals surface area contributed by atoms with Crippen molar-refractivity contribution < 1.29 is 4.74 Å². The number of nitrogens with zero attached hydrogens (tertiary/aromatic N) is 4. The summed E-state index contributed by atoms with van der Waals surface area (Å²) >= 11 is 2.93. The minimum absolute atomic E-state index is 0.131. The first-order valence-electron chi connectivity index (χ1n) is 5.43. The molecule has 0 aromatic carbocycles. The Morgan fingerprint density at radius 1 is 1.17 bits per heavy atom. The predicted molar refractivity (Wildman–Crippen MR) is 66.0 cm³/mol. The van der Waals surface area contributed by atoms with Gasteiger partial charge < -0.3 is 4.74 Å². The van der Waals surface area contributed by atoms with Crippen molar-refractivity contribution in [1.29, 1.82) is 15.8 Å². The van der Waals surface area contributed by atoms with Gasteiger partial charge in [0.1, 0.15) is 5.60 Å². The second kappa shape index (κ2) is 3.25. The van der Waals surface area contributed by atoms with Crippen molar-refractivity contribution in [3.8, 4) is 18.2 Å². The van der Waals surface area contributed by atoms with Crippen molar-refractivity contribution in [3.63, 3.8) is 0 Å². The minimum atomic E-state index is -1.54. The monoisotopic (exact) mass is 306 g/mol. The van der Waals surface area contributed by atoms with E-state index in [1.54, 1.807) is 6.92 Å². The summed E-state index contributed by atoms with van der Waals surface area (Å²) in [7, 11) is 0. The third kappa shape index (κ3) is 0.910. The van der Waals surface area contributed by atoms with Gasteiger partial charge in [0, 0.05) is 0 Å². The van der Waals surface area contributed by atoms with Crippen molar-refractivity contribution >= 4 is 22.0 Å². The zero-order chi connectivity index (χ0) is 13.8. The highest BCUT2D eigenvalue weighted by Gasteiger charge is 2.85. The predicted octanol–water partition coefficient (Wildman–Crippen LogP) is 2.46. The van der Waals surface area contributed by atoms with Crippen molar-refractivity contribution in [1.82, 2.24) is 0 Å². The van der Waals surface area contributed by atoms with Gasteiger partial charge >= 0.3 is 0 Å². The zero-order valence-corrected chi connectivity index (χ0v) is 11.9. The second-order valence-corrected chi connectivity index (χ2v) is 5.97. The first-order chi connectivity index (χ1) is 8.30. The van der Waals surface area contributed by atoms with Crippen molar-refractivity contribution in [2.24, 2.45) is 20.3 Å². The van der Waals surface area contributed by atoms with E-state index < -0.39 is 21.8 Å². The van der Waals surface area contributed by atoms with Gasteiger partial charge in [-0.1, -0.05) is 13.8 Å². The number of hydrogen-bond acceptors (Lipinski definition) is 5. The third-order valence-corrected chi connectivity index (χ3v) is 4.69. The molecule has 18 heavy (non-hydrogen) atoms. The Morgan fingerprint density at radius 3 is 2.11 bits per heavy atom. The van der Waals surface area contributed by atoms with E-state index in [1.807, 2.05) is 26.0 Å². The molecular weight excluding hydrogens is 296 g/mol. The van der Waals surface area contributed by atoms with E-state index in [4.69, 9.17) is 4.74 Å². The highest BCUT2D eigenvalue weighted by molar-refractivity contribution is 9.08. The molecule has 6 heteroatoms. The second-order valence-electron chi connectivity index (χ2n) is 5.62. The van der Waals surface area contributed by atoms with Crippen LogP contribution in [0.15, 0.2) is 4.02 Å². The maximum absolute atomic E-state index is 9.66. The van der Waals surface area contributed by atoms with Gasteiger partial charge in [-0.15, -0.1) is 0 Å². The van der Waals surface area contributed by atoms with Crippen LogP contribution in [0.5, 0.6) is 0 Å². The molecule has 2 bridgehead atoms. The van der Waals surface area contributed by atoms with Crippen LogP contribution in [-0.2, 0) is 4.74 Å². The summed E-state index contributed by atoms with van der Waals surface area (Å²) in [5.41, 5.74) is -4.46. The lowest BCUT2D eigenvalue weighted by Crippen LogP contribution is -2.47. The summed E-state index contributed by atoms with van der Waals surface area (Å²) in [6.07, 6.45) is 0.459. The molecule has 2 fully saturated rings. The Bertz CT molecular complexity index is 562. The first kappa shape index (κ1) is 12.9. The van der Waals surface area contributed by atoms with Gasteiger partial charge in [-0.3, -0.25) is 0 Å². The van der Waals surface area contributed by atoms with Gasteiger partial charge in [0.25, 0.3) is 0 Å². The van der Waals surface area contributed by atoms with Crippen LogP contribution in [0.3, 0.4) is 0 Å². The van der Waals surface area contributed by atoms with Crippen LogP contribution in [0.25, 0.3) is 0 Å². The number of hydrogen-bond donors (Lipinski definition) is 0. The van der Waals surface area contributed by atoms with Crippen molar-refractivity contribution in [2.75, 3.05) is 0 Å². The molecule has 2 atom stereocenters.